The van der Waals surface area contributed by atoms with Crippen molar-refractivity contribution in [2.24, 2.45) is 5.73 Å². The Bertz CT molecular complexity index is 635. The van der Waals surface area contributed by atoms with Crippen molar-refractivity contribution >= 4 is 29.9 Å². The van der Waals surface area contributed by atoms with Gasteiger partial charge in [-0.15, -0.1) is 0 Å². The number of nitrogens with two attached hydrogens (primary N) is 1. The van der Waals surface area contributed by atoms with Crippen LogP contribution in [0, 0.1) is 0 Å². The number of carbonyl (C=O) groups excluding carboxylic acids is 2. The summed E-state index contributed by atoms with van der Waals surface area (Å²) in [4.78, 5) is 34.9. The minimum atomic E-state index is -0.881. The van der Waals surface area contributed by atoms with E-state index >= 15 is 0 Å². The zero-order valence-corrected chi connectivity index (χ0v) is 16.2. The van der Waals surface area contributed by atoms with Gasteiger partial charge in [-0.05, 0) is 49.6 Å². The molecular weight excluding hydrogens is 366 g/mol. The third-order valence-electron chi connectivity index (χ3n) is 4.56. The Hall–Kier alpha value is -2.22. The Morgan fingerprint density at radius 2 is 1.89 bits per heavy atom. The van der Waals surface area contributed by atoms with Crippen LogP contribution in [0.5, 0.6) is 0 Å². The first kappa shape index (κ1) is 21.1. The molecule has 0 spiro atoms. The van der Waals surface area contributed by atoms with E-state index < -0.39 is 12.0 Å². The van der Waals surface area contributed by atoms with Gasteiger partial charge >= 0.3 is 12.0 Å². The van der Waals surface area contributed by atoms with Gasteiger partial charge in [-0.3, -0.25) is 9.10 Å². The van der Waals surface area contributed by atoms with E-state index in [0.717, 1.165) is 38.0 Å². The van der Waals surface area contributed by atoms with Gasteiger partial charge in [0.05, 0.1) is 0 Å². The molecular formula is C19H27N3O4S. The summed E-state index contributed by atoms with van der Waals surface area (Å²) in [6, 6.07) is 9.10. The first-order valence-corrected chi connectivity index (χ1v) is 10.2. The normalized spacial score (nSPS) is 18.7. The van der Waals surface area contributed by atoms with Crippen LogP contribution in [0.15, 0.2) is 30.3 Å². The first-order valence-electron chi connectivity index (χ1n) is 9.25. The maximum Gasteiger partial charge on any atom is 0.326 e. The Morgan fingerprint density at radius 1 is 1.15 bits per heavy atom. The summed E-state index contributed by atoms with van der Waals surface area (Å²) < 4.78 is 1.58. The number of rotatable bonds is 5. The molecule has 3 rings (SSSR count). The minimum absolute atomic E-state index is 0.0270. The van der Waals surface area contributed by atoms with Gasteiger partial charge < -0.3 is 15.7 Å². The Labute approximate surface area is 164 Å². The predicted molar refractivity (Wildman–Crippen MR) is 105 cm³/mol. The number of carboxylic acid groups (broad SMARTS) is 1. The summed E-state index contributed by atoms with van der Waals surface area (Å²) in [6.07, 6.45) is 4.51. The van der Waals surface area contributed by atoms with E-state index in [1.54, 1.807) is 4.31 Å². The molecule has 8 heteroatoms. The van der Waals surface area contributed by atoms with Crippen molar-refractivity contribution in [1.29, 1.82) is 0 Å². The van der Waals surface area contributed by atoms with Crippen molar-refractivity contribution in [1.82, 2.24) is 9.21 Å². The fraction of sp³-hybridized carbons (Fsp3) is 0.526. The van der Waals surface area contributed by atoms with E-state index in [4.69, 9.17) is 10.8 Å². The van der Waals surface area contributed by atoms with E-state index in [9.17, 15) is 14.4 Å². The van der Waals surface area contributed by atoms with Crippen LogP contribution in [0.2, 0.25) is 0 Å². The van der Waals surface area contributed by atoms with Crippen LogP contribution in [0.4, 0.5) is 4.79 Å². The van der Waals surface area contributed by atoms with E-state index in [0.29, 0.717) is 19.4 Å². The van der Waals surface area contributed by atoms with E-state index in [1.165, 1.54) is 22.4 Å². The molecule has 2 fully saturated rings. The van der Waals surface area contributed by atoms with Crippen molar-refractivity contribution in [2.75, 3.05) is 18.8 Å². The zero-order valence-electron chi connectivity index (χ0n) is 15.4. The fourth-order valence-corrected chi connectivity index (χ4v) is 4.04. The second-order valence-electron chi connectivity index (χ2n) is 6.55. The lowest BCUT2D eigenvalue weighted by atomic mass is 10.1. The van der Waals surface area contributed by atoms with Crippen LogP contribution in [0.25, 0.3) is 0 Å². The monoisotopic (exact) mass is 393 g/mol. The van der Waals surface area contributed by atoms with Crippen LogP contribution >= 0.6 is 11.9 Å². The van der Waals surface area contributed by atoms with Gasteiger partial charge in [0, 0.05) is 25.3 Å². The third-order valence-corrected chi connectivity index (χ3v) is 5.70. The summed E-state index contributed by atoms with van der Waals surface area (Å²) in [5.41, 5.74) is 6.18. The van der Waals surface area contributed by atoms with Crippen LogP contribution in [-0.4, -0.2) is 57.1 Å². The Balaban J connectivity index is 0.000000273. The molecule has 0 unspecified atom stereocenters. The fourth-order valence-electron chi connectivity index (χ4n) is 3.18. The SMILES string of the molecule is NC(=O)N1CCCS1.O=C(O)[C@@H]1CCCN1C(=O)CCCc1ccccc1. The van der Waals surface area contributed by atoms with Gasteiger partial charge in [0.25, 0.3) is 0 Å². The summed E-state index contributed by atoms with van der Waals surface area (Å²) in [6.45, 7) is 1.40. The van der Waals surface area contributed by atoms with Crippen molar-refractivity contribution in [3.8, 4) is 0 Å². The quantitative estimate of drug-likeness (QED) is 0.748. The van der Waals surface area contributed by atoms with Crippen molar-refractivity contribution in [2.45, 2.75) is 44.6 Å². The van der Waals surface area contributed by atoms with Gasteiger partial charge in [-0.2, -0.15) is 0 Å². The number of hydrogen-bond acceptors (Lipinski definition) is 4. The number of likely N-dealkylation sites (tertiary alicyclic amines) is 1. The molecule has 7 nitrogen and oxygen atoms in total. The highest BCUT2D eigenvalue weighted by atomic mass is 32.2. The maximum atomic E-state index is 12.0. The minimum Gasteiger partial charge on any atom is -0.480 e. The average molecular weight is 394 g/mol. The number of aliphatic carboxylic acids is 1. The number of primary amides is 1. The number of hydrogen-bond donors (Lipinski definition) is 2. The van der Waals surface area contributed by atoms with Crippen molar-refractivity contribution in [3.63, 3.8) is 0 Å². The molecule has 2 aliphatic rings. The summed E-state index contributed by atoms with van der Waals surface area (Å²) in [5, 5.41) is 9.04. The van der Waals surface area contributed by atoms with E-state index in [2.05, 4.69) is 0 Å². The van der Waals surface area contributed by atoms with Crippen molar-refractivity contribution < 1.29 is 19.5 Å². The van der Waals surface area contributed by atoms with Crippen LogP contribution in [-0.2, 0) is 16.0 Å². The molecule has 1 aromatic rings. The van der Waals surface area contributed by atoms with Gasteiger partial charge in [0.1, 0.15) is 6.04 Å². The van der Waals surface area contributed by atoms with Gasteiger partial charge in [-0.1, -0.05) is 30.3 Å². The third kappa shape index (κ3) is 6.78. The molecule has 0 saturated carbocycles. The molecule has 0 bridgehead atoms. The number of amides is 3. The molecule has 2 heterocycles. The Morgan fingerprint density at radius 3 is 2.44 bits per heavy atom. The van der Waals surface area contributed by atoms with Crippen LogP contribution in [0.1, 0.15) is 37.7 Å². The van der Waals surface area contributed by atoms with Gasteiger partial charge in [0.15, 0.2) is 0 Å². The molecule has 3 N–H and O–H groups in total. The number of aryl methyl sites for hydroxylation is 1. The first-order chi connectivity index (χ1) is 13.0. The smallest absolute Gasteiger partial charge is 0.326 e. The zero-order chi connectivity index (χ0) is 19.6. The van der Waals surface area contributed by atoms with Crippen LogP contribution < -0.4 is 5.73 Å². The lowest BCUT2D eigenvalue weighted by Gasteiger charge is -2.21. The number of nitrogens with zero attached hydrogens (tertiary/aromatic N) is 2. The second kappa shape index (κ2) is 10.8. The molecule has 2 aliphatic heterocycles. The molecule has 0 aliphatic carbocycles. The predicted octanol–water partition coefficient (Wildman–Crippen LogP) is 2.50. The standard InChI is InChI=1S/C15H19NO3.C4H8N2OS/c17-14(16-11-5-9-13(16)15(18)19)10-4-8-12-6-2-1-3-7-12;5-4(7)6-2-1-3-8-6/h1-3,6-7,13H,4-5,8-11H2,(H,18,19);1-3H2,(H2,5,7)/t13-;/m0./s1. The number of carbonyl (C=O) groups is 3. The number of benzene rings is 1. The highest BCUT2D eigenvalue weighted by molar-refractivity contribution is 7.97. The van der Waals surface area contributed by atoms with Crippen molar-refractivity contribution in [3.05, 3.63) is 35.9 Å². The Kier molecular flexibility index (Phi) is 8.44. The maximum absolute atomic E-state index is 12.0. The molecule has 1 atom stereocenters. The lowest BCUT2D eigenvalue weighted by molar-refractivity contribution is -0.148. The second-order valence-corrected chi connectivity index (χ2v) is 7.66. The molecule has 2 saturated heterocycles. The largest absolute Gasteiger partial charge is 0.480 e. The van der Waals surface area contributed by atoms with Gasteiger partial charge in [-0.25, -0.2) is 9.59 Å². The highest BCUT2D eigenvalue weighted by Gasteiger charge is 2.33. The summed E-state index contributed by atoms with van der Waals surface area (Å²) in [7, 11) is 0. The molecule has 0 radical (unpaired) electrons. The molecule has 27 heavy (non-hydrogen) atoms. The van der Waals surface area contributed by atoms with Gasteiger partial charge in [0.2, 0.25) is 5.91 Å². The number of urea groups is 1. The highest BCUT2D eigenvalue weighted by Crippen LogP contribution is 2.19. The van der Waals surface area contributed by atoms with E-state index in [-0.39, 0.29) is 11.9 Å². The molecule has 0 aromatic heterocycles. The summed E-state index contributed by atoms with van der Waals surface area (Å²) in [5.74, 6) is 0.123. The molecule has 1 aromatic carbocycles. The van der Waals surface area contributed by atoms with E-state index in [1.807, 2.05) is 30.3 Å². The lowest BCUT2D eigenvalue weighted by Crippen LogP contribution is -2.40. The topological polar surface area (TPSA) is 104 Å². The molecule has 3 amide bonds. The van der Waals surface area contributed by atoms with Crippen LogP contribution in [0.3, 0.4) is 0 Å². The molecule has 148 valence electrons. The number of carboxylic acids is 1. The average Bonchev–Trinajstić information content (AvgIpc) is 3.35. The summed E-state index contributed by atoms with van der Waals surface area (Å²) >= 11 is 1.51.